The molecule has 3 heteroatoms. The highest BCUT2D eigenvalue weighted by Gasteiger charge is 1.99. The third-order valence-corrected chi connectivity index (χ3v) is 3.38. The predicted octanol–water partition coefficient (Wildman–Crippen LogP) is 4.03. The summed E-state index contributed by atoms with van der Waals surface area (Å²) < 4.78 is 5.72. The molecule has 0 aliphatic carbocycles. The van der Waals surface area contributed by atoms with Crippen LogP contribution < -0.4 is 10.1 Å². The lowest BCUT2D eigenvalue weighted by Crippen LogP contribution is -2.12. The van der Waals surface area contributed by atoms with Crippen molar-refractivity contribution in [1.29, 1.82) is 5.26 Å². The highest BCUT2D eigenvalue weighted by atomic mass is 16.5. The molecule has 0 radical (unpaired) electrons. The summed E-state index contributed by atoms with van der Waals surface area (Å²) in [6.45, 7) is 4.46. The van der Waals surface area contributed by atoms with Crippen molar-refractivity contribution in [3.8, 4) is 11.8 Å². The molecule has 0 aliphatic heterocycles. The van der Waals surface area contributed by atoms with Crippen LogP contribution in [0.3, 0.4) is 0 Å². The van der Waals surface area contributed by atoms with Gasteiger partial charge in [0.05, 0.1) is 18.2 Å². The second-order valence-electron chi connectivity index (χ2n) is 5.27. The molecule has 0 heterocycles. The van der Waals surface area contributed by atoms with E-state index in [1.165, 1.54) is 5.56 Å². The third-order valence-electron chi connectivity index (χ3n) is 3.38. The molecule has 2 rings (SSSR count). The molecule has 0 aromatic heterocycles. The van der Waals surface area contributed by atoms with E-state index in [0.29, 0.717) is 5.56 Å². The highest BCUT2D eigenvalue weighted by molar-refractivity contribution is 5.33. The smallest absolute Gasteiger partial charge is 0.119 e. The Morgan fingerprint density at radius 2 is 1.77 bits per heavy atom. The van der Waals surface area contributed by atoms with Crippen LogP contribution in [0.25, 0.3) is 0 Å². The van der Waals surface area contributed by atoms with Crippen molar-refractivity contribution in [2.24, 2.45) is 0 Å². The van der Waals surface area contributed by atoms with Crippen molar-refractivity contribution < 1.29 is 4.74 Å². The van der Waals surface area contributed by atoms with Gasteiger partial charge in [0.1, 0.15) is 5.75 Å². The Kier molecular flexibility index (Phi) is 6.47. The zero-order valence-corrected chi connectivity index (χ0v) is 13.0. The molecule has 114 valence electrons. The maximum Gasteiger partial charge on any atom is 0.119 e. The Morgan fingerprint density at radius 3 is 2.50 bits per heavy atom. The van der Waals surface area contributed by atoms with Crippen molar-refractivity contribution in [2.45, 2.75) is 32.9 Å². The third kappa shape index (κ3) is 5.23. The van der Waals surface area contributed by atoms with E-state index in [9.17, 15) is 0 Å². The first-order valence-electron chi connectivity index (χ1n) is 7.73. The summed E-state index contributed by atoms with van der Waals surface area (Å²) in [5, 5.41) is 12.3. The lowest BCUT2D eigenvalue weighted by atomic mass is 10.1. The first-order valence-corrected chi connectivity index (χ1v) is 7.73. The Bertz CT molecular complexity index is 631. The molecule has 0 atom stereocenters. The lowest BCUT2D eigenvalue weighted by molar-refractivity contribution is 0.309. The van der Waals surface area contributed by atoms with Crippen LogP contribution in [0.2, 0.25) is 0 Å². The minimum absolute atomic E-state index is 0.700. The molecule has 0 fully saturated rings. The molecule has 0 amide bonds. The maximum atomic E-state index is 8.90. The average Bonchev–Trinajstić information content (AvgIpc) is 2.56. The minimum Gasteiger partial charge on any atom is -0.494 e. The van der Waals surface area contributed by atoms with Gasteiger partial charge in [-0.3, -0.25) is 0 Å². The van der Waals surface area contributed by atoms with E-state index in [4.69, 9.17) is 10.00 Å². The molecule has 0 spiro atoms. The topological polar surface area (TPSA) is 45.0 Å². The molecule has 0 aliphatic rings. The van der Waals surface area contributed by atoms with Crippen LogP contribution in [0.1, 0.15) is 36.5 Å². The standard InChI is InChI=1S/C19H22N2O/c1-2-3-10-22-19-9-5-8-18(12-19)15-21-14-17-7-4-6-16(11-17)13-20/h4-9,11-12,21H,2-3,10,14-15H2,1H3. The summed E-state index contributed by atoms with van der Waals surface area (Å²) in [6.07, 6.45) is 2.22. The van der Waals surface area contributed by atoms with Crippen LogP contribution in [0.4, 0.5) is 0 Å². The molecule has 3 nitrogen and oxygen atoms in total. The SMILES string of the molecule is CCCCOc1cccc(CNCc2cccc(C#N)c2)c1. The summed E-state index contributed by atoms with van der Waals surface area (Å²) in [4.78, 5) is 0. The van der Waals surface area contributed by atoms with Crippen molar-refractivity contribution in [2.75, 3.05) is 6.61 Å². The van der Waals surface area contributed by atoms with Crippen LogP contribution in [0.15, 0.2) is 48.5 Å². The first kappa shape index (κ1) is 16.1. The van der Waals surface area contributed by atoms with Crippen molar-refractivity contribution >= 4 is 0 Å². The van der Waals surface area contributed by atoms with E-state index < -0.39 is 0 Å². The summed E-state index contributed by atoms with van der Waals surface area (Å²) in [7, 11) is 0. The van der Waals surface area contributed by atoms with E-state index in [1.807, 2.05) is 36.4 Å². The molecular weight excluding hydrogens is 272 g/mol. The largest absolute Gasteiger partial charge is 0.494 e. The summed E-state index contributed by atoms with van der Waals surface area (Å²) in [5.41, 5.74) is 3.02. The molecule has 0 saturated carbocycles. The summed E-state index contributed by atoms with van der Waals surface area (Å²) >= 11 is 0. The van der Waals surface area contributed by atoms with Crippen LogP contribution >= 0.6 is 0 Å². The molecular formula is C19H22N2O. The van der Waals surface area contributed by atoms with Gasteiger partial charge in [-0.15, -0.1) is 0 Å². The van der Waals surface area contributed by atoms with Gasteiger partial charge in [-0.25, -0.2) is 0 Å². The van der Waals surface area contributed by atoms with Crippen LogP contribution in [0.5, 0.6) is 5.75 Å². The van der Waals surface area contributed by atoms with Gasteiger partial charge in [-0.1, -0.05) is 37.6 Å². The Labute approximate surface area is 132 Å². The average molecular weight is 294 g/mol. The number of benzene rings is 2. The van der Waals surface area contributed by atoms with Crippen molar-refractivity contribution in [3.05, 3.63) is 65.2 Å². The lowest BCUT2D eigenvalue weighted by Gasteiger charge is -2.09. The number of rotatable bonds is 8. The number of nitriles is 1. The fourth-order valence-electron chi connectivity index (χ4n) is 2.18. The Morgan fingerprint density at radius 1 is 1.05 bits per heavy atom. The molecule has 2 aromatic rings. The minimum atomic E-state index is 0.700. The monoisotopic (exact) mass is 294 g/mol. The fourth-order valence-corrected chi connectivity index (χ4v) is 2.18. The zero-order valence-electron chi connectivity index (χ0n) is 13.0. The molecule has 1 N–H and O–H groups in total. The Hall–Kier alpha value is -2.31. The second kappa shape index (κ2) is 8.86. The van der Waals surface area contributed by atoms with E-state index in [1.54, 1.807) is 0 Å². The number of ether oxygens (including phenoxy) is 1. The van der Waals surface area contributed by atoms with Gasteiger partial charge in [0, 0.05) is 13.1 Å². The summed E-state index contributed by atoms with van der Waals surface area (Å²) in [5.74, 6) is 0.930. The predicted molar refractivity (Wildman–Crippen MR) is 88.5 cm³/mol. The van der Waals surface area contributed by atoms with Gasteiger partial charge >= 0.3 is 0 Å². The number of nitrogens with one attached hydrogen (secondary N) is 1. The molecule has 22 heavy (non-hydrogen) atoms. The van der Waals surface area contributed by atoms with Gasteiger partial charge in [0.15, 0.2) is 0 Å². The zero-order chi connectivity index (χ0) is 15.6. The highest BCUT2D eigenvalue weighted by Crippen LogP contribution is 2.14. The number of hydrogen-bond acceptors (Lipinski definition) is 3. The van der Waals surface area contributed by atoms with E-state index in [0.717, 1.165) is 43.9 Å². The number of nitrogens with zero attached hydrogens (tertiary/aromatic N) is 1. The first-order chi connectivity index (χ1) is 10.8. The van der Waals surface area contributed by atoms with Gasteiger partial charge < -0.3 is 10.1 Å². The fraction of sp³-hybridized carbons (Fsp3) is 0.316. The van der Waals surface area contributed by atoms with Crippen molar-refractivity contribution in [1.82, 2.24) is 5.32 Å². The van der Waals surface area contributed by atoms with Crippen LogP contribution in [0, 0.1) is 11.3 Å². The normalized spacial score (nSPS) is 10.2. The quantitative estimate of drug-likeness (QED) is 0.748. The van der Waals surface area contributed by atoms with Crippen LogP contribution in [-0.4, -0.2) is 6.61 Å². The van der Waals surface area contributed by atoms with Gasteiger partial charge in [-0.2, -0.15) is 5.26 Å². The van der Waals surface area contributed by atoms with Gasteiger partial charge in [0.25, 0.3) is 0 Å². The van der Waals surface area contributed by atoms with Gasteiger partial charge in [0.2, 0.25) is 0 Å². The number of unbranched alkanes of at least 4 members (excludes halogenated alkanes) is 1. The maximum absolute atomic E-state index is 8.90. The van der Waals surface area contributed by atoms with Crippen molar-refractivity contribution in [3.63, 3.8) is 0 Å². The number of hydrogen-bond donors (Lipinski definition) is 1. The second-order valence-corrected chi connectivity index (χ2v) is 5.27. The Balaban J connectivity index is 1.83. The van der Waals surface area contributed by atoms with E-state index in [2.05, 4.69) is 30.4 Å². The van der Waals surface area contributed by atoms with Gasteiger partial charge in [-0.05, 0) is 41.8 Å². The summed E-state index contributed by atoms with van der Waals surface area (Å²) in [6, 6.07) is 18.0. The molecule has 0 bridgehead atoms. The molecule has 0 unspecified atom stereocenters. The molecule has 2 aromatic carbocycles. The molecule has 0 saturated heterocycles. The van der Waals surface area contributed by atoms with E-state index in [-0.39, 0.29) is 0 Å². The van der Waals surface area contributed by atoms with E-state index >= 15 is 0 Å². The van der Waals surface area contributed by atoms with Crippen LogP contribution in [-0.2, 0) is 13.1 Å².